The monoisotopic (exact) mass is 620 g/mol. The van der Waals surface area contributed by atoms with Gasteiger partial charge in [-0.15, -0.1) is 11.3 Å². The molecule has 0 aliphatic carbocycles. The van der Waals surface area contributed by atoms with Crippen molar-refractivity contribution in [3.63, 3.8) is 0 Å². The Hall–Kier alpha value is -5.13. The van der Waals surface area contributed by atoms with Crippen molar-refractivity contribution in [2.75, 3.05) is 43.1 Å². The van der Waals surface area contributed by atoms with Crippen molar-refractivity contribution in [3.05, 3.63) is 107 Å². The number of aromatic nitrogens is 4. The summed E-state index contributed by atoms with van der Waals surface area (Å²) < 4.78 is 16.7. The smallest absolute Gasteiger partial charge is 0.229 e. The molecular weight excluding hydrogens is 587 g/mol. The largest absolute Gasteiger partial charge is 0.383 e. The first-order valence-electron chi connectivity index (χ1n) is 14.6. The molecule has 0 aliphatic rings. The van der Waals surface area contributed by atoms with E-state index in [-0.39, 0.29) is 11.7 Å². The number of hydrogen-bond acceptors (Lipinski definition) is 8. The summed E-state index contributed by atoms with van der Waals surface area (Å²) in [4.78, 5) is 25.0. The summed E-state index contributed by atoms with van der Waals surface area (Å²) in [6.45, 7) is 1.60. The number of anilines is 4. The second kappa shape index (κ2) is 13.7. The van der Waals surface area contributed by atoms with Crippen molar-refractivity contribution in [2.24, 2.45) is 0 Å². The van der Waals surface area contributed by atoms with Crippen LogP contribution in [-0.4, -0.2) is 57.6 Å². The van der Waals surface area contributed by atoms with Crippen molar-refractivity contribution in [1.29, 1.82) is 0 Å². The van der Waals surface area contributed by atoms with Crippen molar-refractivity contribution >= 4 is 45.8 Å². The number of carbonyl (C=O) groups excluding carboxylic acids is 1. The third kappa shape index (κ3) is 7.34. The van der Waals surface area contributed by atoms with Crippen molar-refractivity contribution in [1.82, 2.24) is 24.5 Å². The summed E-state index contributed by atoms with van der Waals surface area (Å²) in [5.41, 5.74) is 5.52. The van der Waals surface area contributed by atoms with E-state index >= 15 is 0 Å². The fourth-order valence-corrected chi connectivity index (χ4v) is 5.72. The van der Waals surface area contributed by atoms with Crippen LogP contribution in [0.1, 0.15) is 11.3 Å². The van der Waals surface area contributed by atoms with Crippen LogP contribution in [0.5, 0.6) is 0 Å². The summed E-state index contributed by atoms with van der Waals surface area (Å²) in [5.74, 6) is -0.108. The number of nitrogens with one attached hydrogen (secondary N) is 3. The molecule has 0 bridgehead atoms. The highest BCUT2D eigenvalue weighted by atomic mass is 32.1. The standard InChI is InChI=1S/C34H33FN8OS/c1-42(2)17-7-15-36-28-13-12-25(21-27(28)35)39-34-37-16-14-29(40-34)32-30-11-3-4-18-43(30)41-33(32)23-8-5-9-24(20-23)38-31(44)22-26-10-6-19-45-26/h3-6,8-14,16,18-21,36H,7,15,17,22H2,1-2H3,(H,38,44)(H,37,39,40). The number of thiophene rings is 1. The Morgan fingerprint density at radius 1 is 1.00 bits per heavy atom. The molecule has 1 amide bonds. The second-order valence-electron chi connectivity index (χ2n) is 10.8. The Morgan fingerprint density at radius 3 is 2.73 bits per heavy atom. The first-order chi connectivity index (χ1) is 21.9. The summed E-state index contributed by atoms with van der Waals surface area (Å²) in [6, 6.07) is 24.1. The summed E-state index contributed by atoms with van der Waals surface area (Å²) in [7, 11) is 4.03. The van der Waals surface area contributed by atoms with Gasteiger partial charge in [0, 0.05) is 40.8 Å². The van der Waals surface area contributed by atoms with Crippen molar-refractivity contribution in [2.45, 2.75) is 12.8 Å². The zero-order chi connectivity index (χ0) is 31.2. The predicted molar refractivity (Wildman–Crippen MR) is 180 cm³/mol. The van der Waals surface area contributed by atoms with Gasteiger partial charge >= 0.3 is 0 Å². The van der Waals surface area contributed by atoms with Gasteiger partial charge in [-0.25, -0.2) is 18.9 Å². The van der Waals surface area contributed by atoms with E-state index in [2.05, 4.69) is 25.8 Å². The third-order valence-electron chi connectivity index (χ3n) is 7.11. The molecule has 0 fully saturated rings. The average molecular weight is 621 g/mol. The number of hydrogen-bond donors (Lipinski definition) is 3. The van der Waals surface area contributed by atoms with E-state index in [1.807, 2.05) is 90.9 Å². The van der Waals surface area contributed by atoms with E-state index in [4.69, 9.17) is 10.1 Å². The Bertz CT molecular complexity index is 1920. The normalized spacial score (nSPS) is 11.2. The predicted octanol–water partition coefficient (Wildman–Crippen LogP) is 6.95. The van der Waals surface area contributed by atoms with Gasteiger partial charge in [-0.1, -0.05) is 24.3 Å². The van der Waals surface area contributed by atoms with Crippen LogP contribution in [0, 0.1) is 5.82 Å². The minimum Gasteiger partial charge on any atom is -0.383 e. The molecule has 4 aromatic heterocycles. The van der Waals surface area contributed by atoms with E-state index in [0.29, 0.717) is 47.4 Å². The summed E-state index contributed by atoms with van der Waals surface area (Å²) in [5, 5.41) is 16.1. The first-order valence-corrected chi connectivity index (χ1v) is 15.5. The molecule has 0 saturated heterocycles. The third-order valence-corrected chi connectivity index (χ3v) is 7.99. The number of pyridine rings is 1. The van der Waals surface area contributed by atoms with Crippen LogP contribution in [0.4, 0.5) is 27.4 Å². The minimum absolute atomic E-state index is 0.0825. The quantitative estimate of drug-likeness (QED) is 0.127. The van der Waals surface area contributed by atoms with Crippen molar-refractivity contribution in [3.8, 4) is 22.5 Å². The first kappa shape index (κ1) is 29.9. The number of nitrogens with zero attached hydrogens (tertiary/aromatic N) is 5. The maximum absolute atomic E-state index is 14.9. The molecule has 6 aromatic rings. The highest BCUT2D eigenvalue weighted by Gasteiger charge is 2.19. The zero-order valence-corrected chi connectivity index (χ0v) is 25.8. The summed E-state index contributed by atoms with van der Waals surface area (Å²) in [6.07, 6.45) is 4.78. The molecule has 4 heterocycles. The Labute approximate surface area is 264 Å². The Morgan fingerprint density at radius 2 is 1.91 bits per heavy atom. The lowest BCUT2D eigenvalue weighted by molar-refractivity contribution is -0.115. The number of rotatable bonds is 12. The highest BCUT2D eigenvalue weighted by molar-refractivity contribution is 7.10. The van der Waals surface area contributed by atoms with Gasteiger partial charge in [0.25, 0.3) is 0 Å². The maximum atomic E-state index is 14.9. The lowest BCUT2D eigenvalue weighted by Crippen LogP contribution is -2.16. The molecule has 6 rings (SSSR count). The fourth-order valence-electron chi connectivity index (χ4n) is 5.02. The zero-order valence-electron chi connectivity index (χ0n) is 25.0. The van der Waals surface area contributed by atoms with E-state index in [0.717, 1.165) is 34.5 Å². The molecule has 228 valence electrons. The maximum Gasteiger partial charge on any atom is 0.229 e. The Kier molecular flexibility index (Phi) is 9.09. The van der Waals surface area contributed by atoms with Gasteiger partial charge in [0.1, 0.15) is 11.5 Å². The van der Waals surface area contributed by atoms with Crippen molar-refractivity contribution < 1.29 is 9.18 Å². The summed E-state index contributed by atoms with van der Waals surface area (Å²) >= 11 is 1.56. The lowest BCUT2D eigenvalue weighted by Gasteiger charge is -2.12. The molecule has 0 radical (unpaired) electrons. The Balaban J connectivity index is 1.25. The number of fused-ring (bicyclic) bond motifs is 1. The van der Waals surface area contributed by atoms with E-state index in [1.165, 1.54) is 6.07 Å². The number of halogens is 1. The van der Waals surface area contributed by atoms with Crippen LogP contribution in [0.25, 0.3) is 28.0 Å². The highest BCUT2D eigenvalue weighted by Crippen LogP contribution is 2.35. The SMILES string of the molecule is CN(C)CCCNc1ccc(Nc2nccc(-c3c(-c4cccc(NC(=O)Cc5cccs5)c4)nn4ccccc34)n2)cc1F. The molecule has 0 unspecified atom stereocenters. The molecular formula is C34H33FN8OS. The van der Waals surface area contributed by atoms with Gasteiger partial charge in [0.05, 0.1) is 28.9 Å². The van der Waals surface area contributed by atoms with Crippen LogP contribution >= 0.6 is 11.3 Å². The number of carbonyl (C=O) groups is 1. The molecule has 11 heteroatoms. The molecule has 0 atom stereocenters. The van der Waals surface area contributed by atoms with Crippen LogP contribution in [-0.2, 0) is 11.2 Å². The van der Waals surface area contributed by atoms with Gasteiger partial charge in [-0.3, -0.25) is 4.79 Å². The van der Waals surface area contributed by atoms with Crippen LogP contribution < -0.4 is 16.0 Å². The van der Waals surface area contributed by atoms with Gasteiger partial charge < -0.3 is 20.9 Å². The lowest BCUT2D eigenvalue weighted by atomic mass is 10.0. The molecule has 2 aromatic carbocycles. The molecule has 3 N–H and O–H groups in total. The van der Waals surface area contributed by atoms with Crippen LogP contribution in [0.15, 0.2) is 96.6 Å². The van der Waals surface area contributed by atoms with E-state index < -0.39 is 0 Å². The topological polar surface area (TPSA) is 99.5 Å². The molecule has 0 spiro atoms. The van der Waals surface area contributed by atoms with Crippen LogP contribution in [0.3, 0.4) is 0 Å². The van der Waals surface area contributed by atoms with Gasteiger partial charge in [-0.05, 0) is 87.0 Å². The van der Waals surface area contributed by atoms with E-state index in [1.54, 1.807) is 29.7 Å². The average Bonchev–Trinajstić information content (AvgIpc) is 3.68. The minimum atomic E-state index is -0.353. The van der Waals surface area contributed by atoms with E-state index in [9.17, 15) is 9.18 Å². The molecule has 45 heavy (non-hydrogen) atoms. The van der Waals surface area contributed by atoms with Gasteiger partial charge in [0.2, 0.25) is 11.9 Å². The molecule has 9 nitrogen and oxygen atoms in total. The molecule has 0 saturated carbocycles. The van der Waals surface area contributed by atoms with Crippen LogP contribution in [0.2, 0.25) is 0 Å². The second-order valence-corrected chi connectivity index (χ2v) is 11.8. The number of amides is 1. The molecule has 0 aliphatic heterocycles. The fraction of sp³-hybridized carbons (Fsp3) is 0.176. The van der Waals surface area contributed by atoms with Gasteiger partial charge in [0.15, 0.2) is 0 Å². The number of benzene rings is 2. The van der Waals surface area contributed by atoms with Gasteiger partial charge in [-0.2, -0.15) is 5.10 Å².